The molecule has 0 N–H and O–H groups in total. The van der Waals surface area contributed by atoms with Crippen molar-refractivity contribution in [2.45, 2.75) is 45.7 Å². The van der Waals surface area contributed by atoms with Gasteiger partial charge in [0.1, 0.15) is 0 Å². The molecule has 1 rings (SSSR count). The molecular formula is C13H28N2O3S. The van der Waals surface area contributed by atoms with Crippen molar-refractivity contribution in [1.29, 1.82) is 0 Å². The van der Waals surface area contributed by atoms with Gasteiger partial charge in [0.2, 0.25) is 10.0 Å². The van der Waals surface area contributed by atoms with E-state index in [0.29, 0.717) is 19.5 Å². The maximum absolute atomic E-state index is 12.1. The molecule has 19 heavy (non-hydrogen) atoms. The highest BCUT2D eigenvalue weighted by Gasteiger charge is 2.34. The van der Waals surface area contributed by atoms with E-state index in [1.807, 2.05) is 6.92 Å². The van der Waals surface area contributed by atoms with E-state index in [9.17, 15) is 8.42 Å². The highest BCUT2D eigenvalue weighted by Crippen LogP contribution is 2.19. The largest absolute Gasteiger partial charge is 0.385 e. The first kappa shape index (κ1) is 16.9. The number of piperazine rings is 1. The molecule has 5 nitrogen and oxygen atoms in total. The standard InChI is InChI=1S/C13H28N2O3S/c1-5-9-19(16,17)14-10-12(2)15(13(3)11-14)7-6-8-18-4/h12-13H,5-11H2,1-4H3. The van der Waals surface area contributed by atoms with Gasteiger partial charge in [-0.3, -0.25) is 4.90 Å². The Labute approximate surface area is 118 Å². The lowest BCUT2D eigenvalue weighted by Crippen LogP contribution is -2.58. The van der Waals surface area contributed by atoms with Crippen LogP contribution in [-0.4, -0.2) is 68.8 Å². The monoisotopic (exact) mass is 292 g/mol. The molecule has 0 aromatic rings. The van der Waals surface area contributed by atoms with Crippen LogP contribution >= 0.6 is 0 Å². The highest BCUT2D eigenvalue weighted by atomic mass is 32.2. The van der Waals surface area contributed by atoms with Crippen LogP contribution in [0.5, 0.6) is 0 Å². The summed E-state index contributed by atoms with van der Waals surface area (Å²) < 4.78 is 31.0. The zero-order valence-electron chi connectivity index (χ0n) is 12.6. The van der Waals surface area contributed by atoms with Crippen molar-refractivity contribution < 1.29 is 13.2 Å². The number of hydrogen-bond acceptors (Lipinski definition) is 4. The maximum Gasteiger partial charge on any atom is 0.214 e. The average molecular weight is 292 g/mol. The third-order valence-corrected chi connectivity index (χ3v) is 5.70. The number of nitrogens with zero attached hydrogens (tertiary/aromatic N) is 2. The molecule has 0 spiro atoms. The molecule has 0 radical (unpaired) electrons. The van der Waals surface area contributed by atoms with Crippen LogP contribution in [0.4, 0.5) is 0 Å². The number of methoxy groups -OCH3 is 1. The molecule has 0 aromatic carbocycles. The average Bonchev–Trinajstić information content (AvgIpc) is 2.32. The molecule has 1 aliphatic rings. The Bertz CT molecular complexity index is 347. The minimum Gasteiger partial charge on any atom is -0.385 e. The highest BCUT2D eigenvalue weighted by molar-refractivity contribution is 7.89. The first-order valence-corrected chi connectivity index (χ1v) is 8.75. The summed E-state index contributed by atoms with van der Waals surface area (Å²) in [5, 5.41) is 0. The molecule has 1 heterocycles. The molecule has 0 saturated carbocycles. The van der Waals surface area contributed by atoms with Gasteiger partial charge < -0.3 is 4.74 Å². The van der Waals surface area contributed by atoms with Crippen molar-refractivity contribution in [3.8, 4) is 0 Å². The van der Waals surface area contributed by atoms with Gasteiger partial charge in [-0.1, -0.05) is 6.92 Å². The van der Waals surface area contributed by atoms with Crippen molar-refractivity contribution >= 4 is 10.0 Å². The second-order valence-corrected chi connectivity index (χ2v) is 7.50. The second-order valence-electron chi connectivity index (χ2n) is 5.42. The molecular weight excluding hydrogens is 264 g/mol. The summed E-state index contributed by atoms with van der Waals surface area (Å²) in [6, 6.07) is 0.541. The third kappa shape index (κ3) is 4.70. The van der Waals surface area contributed by atoms with Crippen molar-refractivity contribution in [3.63, 3.8) is 0 Å². The zero-order valence-corrected chi connectivity index (χ0v) is 13.4. The Morgan fingerprint density at radius 3 is 2.26 bits per heavy atom. The minimum absolute atomic E-state index is 0.260. The van der Waals surface area contributed by atoms with Crippen LogP contribution in [0.25, 0.3) is 0 Å². The van der Waals surface area contributed by atoms with Crippen LogP contribution in [0.2, 0.25) is 0 Å². The number of rotatable bonds is 7. The molecule has 114 valence electrons. The van der Waals surface area contributed by atoms with Gasteiger partial charge in [-0.25, -0.2) is 8.42 Å². The van der Waals surface area contributed by atoms with Gasteiger partial charge in [-0.15, -0.1) is 0 Å². The van der Waals surface area contributed by atoms with Crippen LogP contribution in [0.15, 0.2) is 0 Å². The van der Waals surface area contributed by atoms with Crippen LogP contribution in [0, 0.1) is 0 Å². The molecule has 1 saturated heterocycles. The van der Waals surface area contributed by atoms with Crippen molar-refractivity contribution in [2.24, 2.45) is 0 Å². The van der Waals surface area contributed by atoms with Gasteiger partial charge in [-0.05, 0) is 26.7 Å². The SMILES string of the molecule is CCCS(=O)(=O)N1CC(C)N(CCCOC)C(C)C1. The number of hydrogen-bond donors (Lipinski definition) is 0. The third-order valence-electron chi connectivity index (χ3n) is 3.69. The first-order chi connectivity index (χ1) is 8.92. The van der Waals surface area contributed by atoms with E-state index in [4.69, 9.17) is 4.74 Å². The van der Waals surface area contributed by atoms with Gasteiger partial charge in [0.25, 0.3) is 0 Å². The maximum atomic E-state index is 12.1. The first-order valence-electron chi connectivity index (χ1n) is 7.14. The molecule has 1 fully saturated rings. The summed E-state index contributed by atoms with van der Waals surface area (Å²) >= 11 is 0. The van der Waals surface area contributed by atoms with E-state index in [-0.39, 0.29) is 17.8 Å². The van der Waals surface area contributed by atoms with E-state index in [1.54, 1.807) is 11.4 Å². The van der Waals surface area contributed by atoms with Gasteiger partial charge >= 0.3 is 0 Å². The molecule has 0 bridgehead atoms. The number of ether oxygens (including phenoxy) is 1. The summed E-state index contributed by atoms with van der Waals surface area (Å²) in [5.41, 5.74) is 0. The summed E-state index contributed by atoms with van der Waals surface area (Å²) in [6.07, 6.45) is 1.67. The zero-order chi connectivity index (χ0) is 14.5. The Balaban J connectivity index is 2.60. The predicted molar refractivity (Wildman–Crippen MR) is 77.8 cm³/mol. The lowest BCUT2D eigenvalue weighted by molar-refractivity contribution is 0.0666. The van der Waals surface area contributed by atoms with E-state index in [2.05, 4.69) is 18.7 Å². The molecule has 0 aliphatic carbocycles. The second kappa shape index (κ2) is 7.57. The fourth-order valence-corrected chi connectivity index (χ4v) is 4.41. The van der Waals surface area contributed by atoms with Gasteiger partial charge in [0.05, 0.1) is 5.75 Å². The lowest BCUT2D eigenvalue weighted by atomic mass is 10.1. The van der Waals surface area contributed by atoms with E-state index >= 15 is 0 Å². The normalized spacial score (nSPS) is 26.7. The van der Waals surface area contributed by atoms with Crippen LogP contribution in [-0.2, 0) is 14.8 Å². The van der Waals surface area contributed by atoms with Gasteiger partial charge in [0, 0.05) is 45.4 Å². The topological polar surface area (TPSA) is 49.9 Å². The van der Waals surface area contributed by atoms with E-state index < -0.39 is 10.0 Å². The van der Waals surface area contributed by atoms with Crippen molar-refractivity contribution in [2.75, 3.05) is 39.1 Å². The minimum atomic E-state index is -3.07. The van der Waals surface area contributed by atoms with Crippen LogP contribution in [0.3, 0.4) is 0 Å². The van der Waals surface area contributed by atoms with Crippen LogP contribution < -0.4 is 0 Å². The van der Waals surface area contributed by atoms with Gasteiger partial charge in [0.15, 0.2) is 0 Å². The van der Waals surface area contributed by atoms with E-state index in [0.717, 1.165) is 19.6 Å². The van der Waals surface area contributed by atoms with E-state index in [1.165, 1.54) is 0 Å². The summed E-state index contributed by atoms with van der Waals surface area (Å²) in [6.45, 7) is 9.07. The van der Waals surface area contributed by atoms with Gasteiger partial charge in [-0.2, -0.15) is 4.31 Å². The predicted octanol–water partition coefficient (Wildman–Crippen LogP) is 1.16. The Morgan fingerprint density at radius 2 is 1.79 bits per heavy atom. The fourth-order valence-electron chi connectivity index (χ4n) is 2.75. The quantitative estimate of drug-likeness (QED) is 0.661. The van der Waals surface area contributed by atoms with Crippen molar-refractivity contribution in [3.05, 3.63) is 0 Å². The Kier molecular flexibility index (Phi) is 6.73. The molecule has 0 amide bonds. The van der Waals surface area contributed by atoms with Crippen molar-refractivity contribution in [1.82, 2.24) is 9.21 Å². The molecule has 2 unspecified atom stereocenters. The summed E-state index contributed by atoms with van der Waals surface area (Å²) in [5.74, 6) is 0.260. The smallest absolute Gasteiger partial charge is 0.214 e. The fraction of sp³-hybridized carbons (Fsp3) is 1.00. The Hall–Kier alpha value is -0.170. The summed E-state index contributed by atoms with van der Waals surface area (Å²) in [7, 11) is -1.36. The van der Waals surface area contributed by atoms with Crippen LogP contribution in [0.1, 0.15) is 33.6 Å². The molecule has 6 heteroatoms. The Morgan fingerprint density at radius 1 is 1.21 bits per heavy atom. The lowest BCUT2D eigenvalue weighted by Gasteiger charge is -2.43. The molecule has 0 aromatic heterocycles. The number of sulfonamides is 1. The molecule has 2 atom stereocenters. The summed E-state index contributed by atoms with van der Waals surface area (Å²) in [4.78, 5) is 2.39. The molecule has 1 aliphatic heterocycles.